The summed E-state index contributed by atoms with van der Waals surface area (Å²) < 4.78 is 0. The summed E-state index contributed by atoms with van der Waals surface area (Å²) in [5.74, 6) is -1.99. The van der Waals surface area contributed by atoms with Crippen molar-refractivity contribution in [1.82, 2.24) is 0 Å². The first kappa shape index (κ1) is 19.8. The second-order valence-corrected chi connectivity index (χ2v) is 6.37. The molecular formula is C18H16Cl2N2O4. The maximum Gasteiger partial charge on any atom is 0.303 e. The van der Waals surface area contributed by atoms with Gasteiger partial charge < -0.3 is 15.7 Å². The third kappa shape index (κ3) is 5.47. The van der Waals surface area contributed by atoms with E-state index in [4.69, 9.17) is 28.3 Å². The molecule has 26 heavy (non-hydrogen) atoms. The van der Waals surface area contributed by atoms with E-state index in [-0.39, 0.29) is 23.4 Å². The molecule has 0 heterocycles. The fourth-order valence-corrected chi connectivity index (χ4v) is 2.47. The molecular weight excluding hydrogens is 379 g/mol. The SMILES string of the molecule is Cc1ccc(NC(=O)c2cc(NC(=O)CCC(=O)O)ccc2Cl)cc1Cl. The molecule has 0 spiro atoms. The van der Waals surface area contributed by atoms with Gasteiger partial charge in [-0.3, -0.25) is 14.4 Å². The zero-order chi connectivity index (χ0) is 19.3. The third-order valence-electron chi connectivity index (χ3n) is 3.49. The third-order valence-corrected chi connectivity index (χ3v) is 4.23. The first-order chi connectivity index (χ1) is 12.3. The van der Waals surface area contributed by atoms with Gasteiger partial charge in [-0.1, -0.05) is 29.3 Å². The Morgan fingerprint density at radius 1 is 0.923 bits per heavy atom. The van der Waals surface area contributed by atoms with Crippen LogP contribution in [0.2, 0.25) is 10.0 Å². The number of amides is 2. The predicted molar refractivity (Wildman–Crippen MR) is 101 cm³/mol. The summed E-state index contributed by atoms with van der Waals surface area (Å²) in [6.45, 7) is 1.85. The van der Waals surface area contributed by atoms with Crippen LogP contribution in [-0.2, 0) is 9.59 Å². The number of carbonyl (C=O) groups is 3. The van der Waals surface area contributed by atoms with Crippen LogP contribution in [0.4, 0.5) is 11.4 Å². The standard InChI is InChI=1S/C18H16Cl2N2O4/c1-10-2-3-12(9-15(10)20)22-18(26)13-8-11(4-5-14(13)19)21-16(23)6-7-17(24)25/h2-5,8-9H,6-7H2,1H3,(H,21,23)(H,22,26)(H,24,25). The Balaban J connectivity index is 2.12. The molecule has 0 fully saturated rings. The van der Waals surface area contributed by atoms with Crippen LogP contribution >= 0.6 is 23.2 Å². The molecule has 0 bridgehead atoms. The smallest absolute Gasteiger partial charge is 0.303 e. The molecule has 0 aliphatic carbocycles. The normalized spacial score (nSPS) is 10.3. The number of halogens is 2. The molecule has 0 aromatic heterocycles. The van der Waals surface area contributed by atoms with Crippen molar-refractivity contribution >= 4 is 52.4 Å². The first-order valence-corrected chi connectivity index (χ1v) is 8.40. The Bertz CT molecular complexity index is 868. The van der Waals surface area contributed by atoms with Crippen LogP contribution in [0.15, 0.2) is 36.4 Å². The zero-order valence-corrected chi connectivity index (χ0v) is 15.3. The molecule has 3 N–H and O–H groups in total. The minimum atomic E-state index is -1.06. The molecule has 136 valence electrons. The number of hydrogen-bond donors (Lipinski definition) is 3. The molecule has 0 atom stereocenters. The number of hydrogen-bond acceptors (Lipinski definition) is 3. The fraction of sp³-hybridized carbons (Fsp3) is 0.167. The van der Waals surface area contributed by atoms with E-state index in [9.17, 15) is 14.4 Å². The molecule has 2 aromatic carbocycles. The van der Waals surface area contributed by atoms with Gasteiger partial charge in [0, 0.05) is 22.8 Å². The average Bonchev–Trinajstić information content (AvgIpc) is 2.58. The minimum Gasteiger partial charge on any atom is -0.481 e. The van der Waals surface area contributed by atoms with Gasteiger partial charge >= 0.3 is 5.97 Å². The van der Waals surface area contributed by atoms with Crippen molar-refractivity contribution in [3.8, 4) is 0 Å². The topological polar surface area (TPSA) is 95.5 Å². The maximum absolute atomic E-state index is 12.5. The molecule has 2 rings (SSSR count). The molecule has 0 aliphatic rings. The first-order valence-electron chi connectivity index (χ1n) is 7.65. The van der Waals surface area contributed by atoms with Gasteiger partial charge in [0.25, 0.3) is 5.91 Å². The van der Waals surface area contributed by atoms with Crippen molar-refractivity contribution in [1.29, 1.82) is 0 Å². The van der Waals surface area contributed by atoms with Crippen molar-refractivity contribution in [2.75, 3.05) is 10.6 Å². The second-order valence-electron chi connectivity index (χ2n) is 5.55. The molecule has 2 aromatic rings. The van der Waals surface area contributed by atoms with Crippen LogP contribution in [0.1, 0.15) is 28.8 Å². The lowest BCUT2D eigenvalue weighted by Crippen LogP contribution is -2.15. The summed E-state index contributed by atoms with van der Waals surface area (Å²) >= 11 is 12.1. The Hall–Kier alpha value is -2.57. The fourth-order valence-electron chi connectivity index (χ4n) is 2.09. The highest BCUT2D eigenvalue weighted by atomic mass is 35.5. The number of carboxylic acid groups (broad SMARTS) is 1. The Morgan fingerprint density at radius 2 is 1.58 bits per heavy atom. The van der Waals surface area contributed by atoms with Crippen molar-refractivity contribution in [3.63, 3.8) is 0 Å². The number of benzene rings is 2. The molecule has 0 aliphatic heterocycles. The van der Waals surface area contributed by atoms with Gasteiger partial charge in [-0.25, -0.2) is 0 Å². The summed E-state index contributed by atoms with van der Waals surface area (Å²) in [7, 11) is 0. The van der Waals surface area contributed by atoms with Crippen LogP contribution in [0.3, 0.4) is 0 Å². The highest BCUT2D eigenvalue weighted by Crippen LogP contribution is 2.24. The minimum absolute atomic E-state index is 0.165. The Morgan fingerprint density at radius 3 is 2.23 bits per heavy atom. The summed E-state index contributed by atoms with van der Waals surface area (Å²) in [6, 6.07) is 9.54. The number of carboxylic acids is 1. The number of rotatable bonds is 6. The van der Waals surface area contributed by atoms with Crippen LogP contribution in [-0.4, -0.2) is 22.9 Å². The quantitative estimate of drug-likeness (QED) is 0.677. The van der Waals surface area contributed by atoms with Crippen LogP contribution in [0.5, 0.6) is 0 Å². The number of anilines is 2. The van der Waals surface area contributed by atoms with Gasteiger partial charge in [-0.2, -0.15) is 0 Å². The van der Waals surface area contributed by atoms with Gasteiger partial charge in [0.15, 0.2) is 0 Å². The van der Waals surface area contributed by atoms with E-state index < -0.39 is 17.8 Å². The van der Waals surface area contributed by atoms with Crippen molar-refractivity contribution < 1.29 is 19.5 Å². The van der Waals surface area contributed by atoms with E-state index in [1.54, 1.807) is 18.2 Å². The number of aryl methyl sites for hydroxylation is 1. The summed E-state index contributed by atoms with van der Waals surface area (Å²) in [5.41, 5.74) is 1.91. The highest BCUT2D eigenvalue weighted by Gasteiger charge is 2.14. The van der Waals surface area contributed by atoms with Gasteiger partial charge in [0.2, 0.25) is 5.91 Å². The summed E-state index contributed by atoms with van der Waals surface area (Å²) in [5, 5.41) is 14.6. The van der Waals surface area contributed by atoms with Gasteiger partial charge in [0.1, 0.15) is 0 Å². The van der Waals surface area contributed by atoms with E-state index in [1.807, 2.05) is 6.92 Å². The molecule has 0 radical (unpaired) electrons. The lowest BCUT2D eigenvalue weighted by atomic mass is 10.1. The lowest BCUT2D eigenvalue weighted by Gasteiger charge is -2.10. The zero-order valence-electron chi connectivity index (χ0n) is 13.8. The van der Waals surface area contributed by atoms with Crippen LogP contribution in [0, 0.1) is 6.92 Å². The molecule has 8 heteroatoms. The van der Waals surface area contributed by atoms with Crippen molar-refractivity contribution in [2.24, 2.45) is 0 Å². The van der Waals surface area contributed by atoms with E-state index >= 15 is 0 Å². The largest absolute Gasteiger partial charge is 0.481 e. The number of carbonyl (C=O) groups excluding carboxylic acids is 2. The van der Waals surface area contributed by atoms with Gasteiger partial charge in [-0.05, 0) is 42.8 Å². The maximum atomic E-state index is 12.5. The predicted octanol–water partition coefficient (Wildman–Crippen LogP) is 4.36. The summed E-state index contributed by atoms with van der Waals surface area (Å²) in [6.07, 6.45) is -0.442. The van der Waals surface area contributed by atoms with Gasteiger partial charge in [-0.15, -0.1) is 0 Å². The monoisotopic (exact) mass is 394 g/mol. The highest BCUT2D eigenvalue weighted by molar-refractivity contribution is 6.34. The molecule has 2 amide bonds. The van der Waals surface area contributed by atoms with E-state index in [0.717, 1.165) is 5.56 Å². The van der Waals surface area contributed by atoms with Crippen LogP contribution < -0.4 is 10.6 Å². The summed E-state index contributed by atoms with van der Waals surface area (Å²) in [4.78, 5) is 34.7. The number of nitrogens with one attached hydrogen (secondary N) is 2. The molecule has 6 nitrogen and oxygen atoms in total. The van der Waals surface area contributed by atoms with Crippen molar-refractivity contribution in [2.45, 2.75) is 19.8 Å². The lowest BCUT2D eigenvalue weighted by molar-refractivity contribution is -0.138. The Kier molecular flexibility index (Phi) is 6.60. The van der Waals surface area contributed by atoms with E-state index in [1.165, 1.54) is 18.2 Å². The molecule has 0 unspecified atom stereocenters. The molecule has 0 saturated heterocycles. The van der Waals surface area contributed by atoms with E-state index in [2.05, 4.69) is 10.6 Å². The number of aliphatic carboxylic acids is 1. The van der Waals surface area contributed by atoms with Crippen LogP contribution in [0.25, 0.3) is 0 Å². The van der Waals surface area contributed by atoms with Gasteiger partial charge in [0.05, 0.1) is 17.0 Å². The second kappa shape index (κ2) is 8.69. The average molecular weight is 395 g/mol. The van der Waals surface area contributed by atoms with E-state index in [0.29, 0.717) is 16.4 Å². The Labute approximate surface area is 160 Å². The molecule has 0 saturated carbocycles. The van der Waals surface area contributed by atoms with Crippen molar-refractivity contribution in [3.05, 3.63) is 57.6 Å².